The highest BCUT2D eigenvalue weighted by Crippen LogP contribution is 2.04. The Balaban J connectivity index is 2.14. The second kappa shape index (κ2) is 5.14. The molecule has 0 saturated carbocycles. The number of aromatic amines is 1. The first-order valence-corrected chi connectivity index (χ1v) is 6.08. The van der Waals surface area contributed by atoms with Crippen molar-refractivity contribution < 1.29 is 4.79 Å². The lowest BCUT2D eigenvalue weighted by Crippen LogP contribution is -2.29. The van der Waals surface area contributed by atoms with Gasteiger partial charge in [0.25, 0.3) is 11.5 Å². The van der Waals surface area contributed by atoms with Crippen LogP contribution in [0.1, 0.15) is 27.3 Å². The van der Waals surface area contributed by atoms with Crippen molar-refractivity contribution in [1.82, 2.24) is 14.9 Å². The van der Waals surface area contributed by atoms with E-state index in [1.54, 1.807) is 29.9 Å². The average molecular weight is 259 g/mol. The highest BCUT2D eigenvalue weighted by atomic mass is 16.2. The summed E-state index contributed by atoms with van der Waals surface area (Å²) in [5.41, 5.74) is 2.72. The molecule has 5 nitrogen and oxygen atoms in total. The van der Waals surface area contributed by atoms with E-state index in [2.05, 4.69) is 10.3 Å². The molecule has 2 N–H and O–H groups in total. The van der Waals surface area contributed by atoms with Crippen molar-refractivity contribution >= 4 is 5.91 Å². The number of carbonyl (C=O) groups excluding carboxylic acids is 1. The molecular weight excluding hydrogens is 242 g/mol. The zero-order valence-electron chi connectivity index (χ0n) is 11.3. The number of nitrogens with one attached hydrogen (secondary N) is 2. The Morgan fingerprint density at radius 2 is 2.16 bits per heavy atom. The Kier molecular flexibility index (Phi) is 3.55. The smallest absolute Gasteiger partial charge is 0.268 e. The molecule has 2 aromatic rings. The van der Waals surface area contributed by atoms with Crippen LogP contribution in [0.2, 0.25) is 0 Å². The number of carbonyl (C=O) groups is 1. The van der Waals surface area contributed by atoms with E-state index in [1.165, 1.54) is 0 Å². The van der Waals surface area contributed by atoms with Gasteiger partial charge in [-0.15, -0.1) is 0 Å². The highest BCUT2D eigenvalue weighted by Gasteiger charge is 2.10. The maximum absolute atomic E-state index is 11.9. The Labute approximate surface area is 111 Å². The molecule has 0 spiro atoms. The largest absolute Gasteiger partial charge is 0.347 e. The van der Waals surface area contributed by atoms with Gasteiger partial charge in [0.1, 0.15) is 5.69 Å². The number of amides is 1. The number of H-pyrrole nitrogens is 1. The van der Waals surface area contributed by atoms with E-state index in [9.17, 15) is 9.59 Å². The minimum Gasteiger partial charge on any atom is -0.347 e. The second-order valence-electron chi connectivity index (χ2n) is 4.63. The molecule has 2 aromatic heterocycles. The molecule has 2 heterocycles. The van der Waals surface area contributed by atoms with Gasteiger partial charge in [-0.05, 0) is 37.6 Å². The van der Waals surface area contributed by atoms with E-state index in [4.69, 9.17) is 0 Å². The van der Waals surface area contributed by atoms with Gasteiger partial charge in [-0.2, -0.15) is 0 Å². The van der Waals surface area contributed by atoms with Crippen LogP contribution in [0.5, 0.6) is 0 Å². The number of rotatable bonds is 3. The van der Waals surface area contributed by atoms with E-state index in [0.717, 1.165) is 11.3 Å². The van der Waals surface area contributed by atoms with E-state index < -0.39 is 0 Å². The quantitative estimate of drug-likeness (QED) is 0.871. The summed E-state index contributed by atoms with van der Waals surface area (Å²) in [7, 11) is 1.80. The monoisotopic (exact) mass is 259 g/mol. The van der Waals surface area contributed by atoms with Crippen LogP contribution in [0, 0.1) is 13.8 Å². The SMILES string of the molecule is Cc1cc(C)c(CNC(=O)c2cccn2C)c(=O)[nH]1. The van der Waals surface area contributed by atoms with Crippen LogP contribution < -0.4 is 10.9 Å². The molecule has 0 aliphatic carbocycles. The molecule has 1 amide bonds. The topological polar surface area (TPSA) is 66.9 Å². The standard InChI is InChI=1S/C14H17N3O2/c1-9-7-10(2)16-13(18)11(9)8-15-14(19)12-5-4-6-17(12)3/h4-7H,8H2,1-3H3,(H,15,19)(H,16,18). The third-order valence-electron chi connectivity index (χ3n) is 3.10. The predicted octanol–water partition coefficient (Wildman–Crippen LogP) is 1.26. The molecule has 0 unspecified atom stereocenters. The summed E-state index contributed by atoms with van der Waals surface area (Å²) in [5, 5.41) is 2.76. The zero-order chi connectivity index (χ0) is 14.0. The Hall–Kier alpha value is -2.30. The fraction of sp³-hybridized carbons (Fsp3) is 0.286. The van der Waals surface area contributed by atoms with Crippen LogP contribution >= 0.6 is 0 Å². The summed E-state index contributed by atoms with van der Waals surface area (Å²) in [6, 6.07) is 5.44. The maximum Gasteiger partial charge on any atom is 0.268 e. The van der Waals surface area contributed by atoms with Crippen molar-refractivity contribution in [3.63, 3.8) is 0 Å². The minimum absolute atomic E-state index is 0.148. The third-order valence-corrected chi connectivity index (χ3v) is 3.10. The summed E-state index contributed by atoms with van der Waals surface area (Å²) in [6.07, 6.45) is 1.80. The van der Waals surface area contributed by atoms with Gasteiger partial charge in [0.15, 0.2) is 0 Å². The van der Waals surface area contributed by atoms with Gasteiger partial charge in [-0.25, -0.2) is 0 Å². The van der Waals surface area contributed by atoms with Gasteiger partial charge in [-0.3, -0.25) is 9.59 Å². The first kappa shape index (κ1) is 13.1. The van der Waals surface area contributed by atoms with Gasteiger partial charge in [0, 0.05) is 31.0 Å². The van der Waals surface area contributed by atoms with Crippen LogP contribution in [0.25, 0.3) is 0 Å². The summed E-state index contributed by atoms with van der Waals surface area (Å²) in [5.74, 6) is -0.188. The van der Waals surface area contributed by atoms with Gasteiger partial charge in [0.05, 0.1) is 0 Å². The highest BCUT2D eigenvalue weighted by molar-refractivity contribution is 5.92. The molecule has 0 saturated heterocycles. The minimum atomic E-state index is -0.188. The average Bonchev–Trinajstić information content (AvgIpc) is 2.73. The van der Waals surface area contributed by atoms with E-state index in [0.29, 0.717) is 11.3 Å². The second-order valence-corrected chi connectivity index (χ2v) is 4.63. The first-order chi connectivity index (χ1) is 8.99. The molecule has 0 bridgehead atoms. The molecule has 0 radical (unpaired) electrons. The normalized spacial score (nSPS) is 10.5. The number of hydrogen-bond acceptors (Lipinski definition) is 2. The van der Waals surface area contributed by atoms with Gasteiger partial charge >= 0.3 is 0 Å². The maximum atomic E-state index is 11.9. The van der Waals surface area contributed by atoms with Crippen molar-refractivity contribution in [2.24, 2.45) is 7.05 Å². The first-order valence-electron chi connectivity index (χ1n) is 6.08. The molecule has 100 valence electrons. The number of hydrogen-bond donors (Lipinski definition) is 2. The van der Waals surface area contributed by atoms with Gasteiger partial charge in [0.2, 0.25) is 0 Å². The summed E-state index contributed by atoms with van der Waals surface area (Å²) in [6.45, 7) is 3.93. The van der Waals surface area contributed by atoms with E-state index in [1.807, 2.05) is 19.9 Å². The van der Waals surface area contributed by atoms with Crippen molar-refractivity contribution in [2.75, 3.05) is 0 Å². The zero-order valence-corrected chi connectivity index (χ0v) is 11.3. The Bertz CT molecular complexity index is 668. The molecule has 0 aliphatic heterocycles. The van der Waals surface area contributed by atoms with Crippen LogP contribution in [0.15, 0.2) is 29.2 Å². The molecule has 5 heteroatoms. The molecule has 0 aliphatic rings. The lowest BCUT2D eigenvalue weighted by molar-refractivity contribution is 0.0942. The van der Waals surface area contributed by atoms with Gasteiger partial charge in [-0.1, -0.05) is 0 Å². The van der Waals surface area contributed by atoms with Crippen LogP contribution in [0.4, 0.5) is 0 Å². The molecular formula is C14H17N3O2. The van der Waals surface area contributed by atoms with E-state index >= 15 is 0 Å². The van der Waals surface area contributed by atoms with Crippen molar-refractivity contribution in [3.8, 4) is 0 Å². The van der Waals surface area contributed by atoms with Crippen molar-refractivity contribution in [3.05, 3.63) is 57.3 Å². The van der Waals surface area contributed by atoms with E-state index in [-0.39, 0.29) is 18.0 Å². The molecule has 0 fully saturated rings. The number of aryl methyl sites for hydroxylation is 3. The fourth-order valence-electron chi connectivity index (χ4n) is 2.06. The Morgan fingerprint density at radius 1 is 1.42 bits per heavy atom. The Morgan fingerprint density at radius 3 is 2.74 bits per heavy atom. The molecule has 0 atom stereocenters. The van der Waals surface area contributed by atoms with Gasteiger partial charge < -0.3 is 14.9 Å². The number of pyridine rings is 1. The summed E-state index contributed by atoms with van der Waals surface area (Å²) in [4.78, 5) is 26.5. The number of nitrogens with zero attached hydrogens (tertiary/aromatic N) is 1. The fourth-order valence-corrected chi connectivity index (χ4v) is 2.06. The molecule has 0 aromatic carbocycles. The van der Waals surface area contributed by atoms with Crippen LogP contribution in [-0.4, -0.2) is 15.5 Å². The van der Waals surface area contributed by atoms with Crippen LogP contribution in [-0.2, 0) is 13.6 Å². The van der Waals surface area contributed by atoms with Crippen molar-refractivity contribution in [1.29, 1.82) is 0 Å². The molecule has 2 rings (SSSR count). The van der Waals surface area contributed by atoms with Crippen molar-refractivity contribution in [2.45, 2.75) is 20.4 Å². The summed E-state index contributed by atoms with van der Waals surface area (Å²) >= 11 is 0. The molecule has 19 heavy (non-hydrogen) atoms. The predicted molar refractivity (Wildman–Crippen MR) is 73.1 cm³/mol. The number of aromatic nitrogens is 2. The van der Waals surface area contributed by atoms with Crippen LogP contribution in [0.3, 0.4) is 0 Å². The summed E-state index contributed by atoms with van der Waals surface area (Å²) < 4.78 is 1.74. The lowest BCUT2D eigenvalue weighted by Gasteiger charge is -2.08. The third kappa shape index (κ3) is 2.76. The lowest BCUT2D eigenvalue weighted by atomic mass is 10.1.